The van der Waals surface area contributed by atoms with Crippen molar-refractivity contribution in [3.63, 3.8) is 0 Å². The average molecular weight is 427 g/mol. The molecule has 4 nitrogen and oxygen atoms in total. The SMILES string of the molecule is CCOC(=O)C1C(CCCOC2=CC=C(OCC)C(F)(F)C2(Cl)Cl)C1(C)C. The molecule has 1 saturated carbocycles. The molecule has 0 N–H and O–H groups in total. The molecule has 0 bridgehead atoms. The van der Waals surface area contributed by atoms with Crippen LogP contribution in [0.2, 0.25) is 0 Å². The number of allylic oxidation sites excluding steroid dienone is 4. The molecule has 0 spiro atoms. The van der Waals surface area contributed by atoms with Crippen LogP contribution in [0.3, 0.4) is 0 Å². The Bertz CT molecular complexity index is 629. The van der Waals surface area contributed by atoms with Crippen molar-refractivity contribution in [2.45, 2.75) is 50.8 Å². The maximum absolute atomic E-state index is 14.4. The highest BCUT2D eigenvalue weighted by Crippen LogP contribution is 2.61. The van der Waals surface area contributed by atoms with Crippen LogP contribution in [0.15, 0.2) is 23.7 Å². The Morgan fingerprint density at radius 2 is 1.74 bits per heavy atom. The predicted molar refractivity (Wildman–Crippen MR) is 99.8 cm³/mol. The van der Waals surface area contributed by atoms with E-state index in [4.69, 9.17) is 37.4 Å². The summed E-state index contributed by atoms with van der Waals surface area (Å²) < 4.78 is 41.8. The van der Waals surface area contributed by atoms with Gasteiger partial charge >= 0.3 is 11.9 Å². The molecule has 0 amide bonds. The molecule has 8 heteroatoms. The third-order valence-corrected chi connectivity index (χ3v) is 6.05. The number of rotatable bonds is 9. The molecule has 2 aliphatic rings. The normalized spacial score (nSPS) is 27.3. The highest BCUT2D eigenvalue weighted by atomic mass is 35.5. The van der Waals surface area contributed by atoms with Crippen LogP contribution in [0.5, 0.6) is 0 Å². The summed E-state index contributed by atoms with van der Waals surface area (Å²) in [6.45, 7) is 8.02. The Kier molecular flexibility index (Phi) is 6.73. The van der Waals surface area contributed by atoms with Gasteiger partial charge in [0.15, 0.2) is 5.76 Å². The Morgan fingerprint density at radius 3 is 2.33 bits per heavy atom. The van der Waals surface area contributed by atoms with E-state index in [9.17, 15) is 13.6 Å². The fourth-order valence-corrected chi connectivity index (χ4v) is 3.99. The number of alkyl halides is 4. The molecular formula is C19H26Cl2F2O4. The largest absolute Gasteiger partial charge is 0.494 e. The van der Waals surface area contributed by atoms with E-state index in [1.165, 1.54) is 6.08 Å². The minimum Gasteiger partial charge on any atom is -0.494 e. The molecule has 0 aliphatic heterocycles. The lowest BCUT2D eigenvalue weighted by Gasteiger charge is -2.34. The van der Waals surface area contributed by atoms with Gasteiger partial charge in [-0.3, -0.25) is 4.79 Å². The minimum atomic E-state index is -3.59. The van der Waals surface area contributed by atoms with Gasteiger partial charge in [0.1, 0.15) is 5.76 Å². The summed E-state index contributed by atoms with van der Waals surface area (Å²) in [7, 11) is 0. The molecule has 2 atom stereocenters. The van der Waals surface area contributed by atoms with Gasteiger partial charge < -0.3 is 14.2 Å². The van der Waals surface area contributed by atoms with Crippen LogP contribution in [0.1, 0.15) is 40.5 Å². The molecule has 2 rings (SSSR count). The number of esters is 1. The molecule has 0 aromatic heterocycles. The first kappa shape index (κ1) is 22.3. The maximum atomic E-state index is 14.4. The number of ether oxygens (including phenoxy) is 3. The molecule has 154 valence electrons. The molecule has 27 heavy (non-hydrogen) atoms. The van der Waals surface area contributed by atoms with E-state index in [1.54, 1.807) is 13.8 Å². The first-order valence-electron chi connectivity index (χ1n) is 9.12. The average Bonchev–Trinajstić information content (AvgIpc) is 3.12. The van der Waals surface area contributed by atoms with Gasteiger partial charge in [0.2, 0.25) is 4.33 Å². The Morgan fingerprint density at radius 1 is 1.11 bits per heavy atom. The highest BCUT2D eigenvalue weighted by Gasteiger charge is 2.62. The van der Waals surface area contributed by atoms with Crippen LogP contribution >= 0.6 is 23.2 Å². The molecule has 0 aromatic carbocycles. The third kappa shape index (κ3) is 4.21. The molecule has 2 aliphatic carbocycles. The van der Waals surface area contributed by atoms with E-state index in [1.807, 2.05) is 13.8 Å². The van der Waals surface area contributed by atoms with E-state index in [0.29, 0.717) is 13.0 Å². The second kappa shape index (κ2) is 8.16. The second-order valence-electron chi connectivity index (χ2n) is 7.29. The first-order chi connectivity index (χ1) is 12.5. The van der Waals surface area contributed by atoms with Crippen LogP contribution in [0, 0.1) is 17.3 Å². The zero-order valence-electron chi connectivity index (χ0n) is 16.0. The number of halogens is 4. The van der Waals surface area contributed by atoms with Crippen LogP contribution in [-0.2, 0) is 19.0 Å². The van der Waals surface area contributed by atoms with Crippen LogP contribution < -0.4 is 0 Å². The topological polar surface area (TPSA) is 44.8 Å². The molecule has 0 saturated heterocycles. The lowest BCUT2D eigenvalue weighted by Crippen LogP contribution is -2.45. The monoisotopic (exact) mass is 426 g/mol. The predicted octanol–water partition coefficient (Wildman–Crippen LogP) is 5.25. The summed E-state index contributed by atoms with van der Waals surface area (Å²) in [6.07, 6.45) is 3.74. The quantitative estimate of drug-likeness (QED) is 0.287. The van der Waals surface area contributed by atoms with Crippen LogP contribution in [0.25, 0.3) is 0 Å². The zero-order valence-corrected chi connectivity index (χ0v) is 17.5. The van der Waals surface area contributed by atoms with Gasteiger partial charge in [0.25, 0.3) is 0 Å². The first-order valence-corrected chi connectivity index (χ1v) is 9.88. The molecule has 0 heterocycles. The van der Waals surface area contributed by atoms with E-state index in [2.05, 4.69) is 0 Å². The fourth-order valence-electron chi connectivity index (χ4n) is 3.57. The van der Waals surface area contributed by atoms with Crippen molar-refractivity contribution < 1.29 is 27.8 Å². The van der Waals surface area contributed by atoms with Crippen molar-refractivity contribution in [2.75, 3.05) is 19.8 Å². The Hall–Kier alpha value is -1.01. The van der Waals surface area contributed by atoms with Gasteiger partial charge in [0, 0.05) is 0 Å². The number of hydrogen-bond donors (Lipinski definition) is 0. The van der Waals surface area contributed by atoms with Gasteiger partial charge in [-0.2, -0.15) is 8.78 Å². The van der Waals surface area contributed by atoms with Gasteiger partial charge in [-0.1, -0.05) is 37.0 Å². The zero-order chi connectivity index (χ0) is 20.5. The Labute approximate surface area is 168 Å². The molecular weight excluding hydrogens is 401 g/mol. The van der Waals surface area contributed by atoms with E-state index >= 15 is 0 Å². The minimum absolute atomic E-state index is 0.0775. The molecule has 1 fully saturated rings. The Balaban J connectivity index is 1.89. The third-order valence-electron chi connectivity index (χ3n) is 5.21. The van der Waals surface area contributed by atoms with Crippen molar-refractivity contribution in [3.8, 4) is 0 Å². The number of hydrogen-bond acceptors (Lipinski definition) is 4. The highest BCUT2D eigenvalue weighted by molar-refractivity contribution is 6.51. The van der Waals surface area contributed by atoms with Gasteiger partial charge in [-0.05, 0) is 50.2 Å². The van der Waals surface area contributed by atoms with Gasteiger partial charge in [-0.25, -0.2) is 0 Å². The van der Waals surface area contributed by atoms with Crippen molar-refractivity contribution in [2.24, 2.45) is 17.3 Å². The standard InChI is InChI=1S/C19H26Cl2F2O4/c1-5-25-14-10-9-13(18(20,21)19(14,22)23)27-11-7-8-12-15(17(12,3)4)16(24)26-6-2/h9-10,12,15H,5-8,11H2,1-4H3. The summed E-state index contributed by atoms with van der Waals surface area (Å²) in [4.78, 5) is 12.0. The summed E-state index contributed by atoms with van der Waals surface area (Å²) >= 11 is 11.8. The number of carbonyl (C=O) groups excluding carboxylic acids is 1. The van der Waals surface area contributed by atoms with Crippen LogP contribution in [-0.4, -0.2) is 36.0 Å². The molecule has 2 unspecified atom stereocenters. The fraction of sp³-hybridized carbons (Fsp3) is 0.737. The van der Waals surface area contributed by atoms with Gasteiger partial charge in [0.05, 0.1) is 25.7 Å². The summed E-state index contributed by atoms with van der Waals surface area (Å²) in [6, 6.07) is 0. The van der Waals surface area contributed by atoms with Crippen molar-refractivity contribution >= 4 is 29.2 Å². The maximum Gasteiger partial charge on any atom is 0.343 e. The van der Waals surface area contributed by atoms with Gasteiger partial charge in [-0.15, -0.1) is 0 Å². The lowest BCUT2D eigenvalue weighted by atomic mass is 10.0. The lowest BCUT2D eigenvalue weighted by molar-refractivity contribution is -0.145. The summed E-state index contributed by atoms with van der Waals surface area (Å²) in [5.41, 5.74) is -0.124. The van der Waals surface area contributed by atoms with Crippen molar-refractivity contribution in [1.29, 1.82) is 0 Å². The van der Waals surface area contributed by atoms with Crippen molar-refractivity contribution in [1.82, 2.24) is 0 Å². The smallest absolute Gasteiger partial charge is 0.343 e. The summed E-state index contributed by atoms with van der Waals surface area (Å²) in [5.74, 6) is -4.52. The summed E-state index contributed by atoms with van der Waals surface area (Å²) in [5, 5.41) is 0. The van der Waals surface area contributed by atoms with E-state index in [-0.39, 0.29) is 42.2 Å². The molecule has 0 aromatic rings. The van der Waals surface area contributed by atoms with E-state index in [0.717, 1.165) is 12.5 Å². The van der Waals surface area contributed by atoms with Crippen LogP contribution in [0.4, 0.5) is 8.78 Å². The number of carbonyl (C=O) groups is 1. The van der Waals surface area contributed by atoms with Crippen molar-refractivity contribution in [3.05, 3.63) is 23.7 Å². The molecule has 0 radical (unpaired) electrons. The van der Waals surface area contributed by atoms with E-state index < -0.39 is 16.0 Å². The second-order valence-corrected chi connectivity index (χ2v) is 8.62.